The first-order chi connectivity index (χ1) is 7.36. The number of hydrogen-bond donors (Lipinski definition) is 0. The highest BCUT2D eigenvalue weighted by Gasteiger charge is 2.00. The maximum atomic E-state index is 4.37. The van der Waals surface area contributed by atoms with Gasteiger partial charge < -0.3 is 0 Å². The molecule has 2 rings (SSSR count). The summed E-state index contributed by atoms with van der Waals surface area (Å²) in [5.74, 6) is 0. The SMILES string of the molecule is Cc1cccc[n+]1/N=C/c1ccccc1. The molecule has 1 aromatic heterocycles. The topological polar surface area (TPSA) is 16.2 Å². The quantitative estimate of drug-likeness (QED) is 0.518. The molecular formula is C13H13N2+. The highest BCUT2D eigenvalue weighted by molar-refractivity contribution is 5.78. The van der Waals surface area contributed by atoms with Crippen molar-refractivity contribution < 1.29 is 4.68 Å². The van der Waals surface area contributed by atoms with E-state index < -0.39 is 0 Å². The monoisotopic (exact) mass is 197 g/mol. The molecule has 0 saturated carbocycles. The second-order valence-corrected chi connectivity index (χ2v) is 3.34. The van der Waals surface area contributed by atoms with Gasteiger partial charge in [-0.1, -0.05) is 35.0 Å². The third-order valence-electron chi connectivity index (χ3n) is 2.17. The Balaban J connectivity index is 2.23. The molecule has 1 aromatic carbocycles. The van der Waals surface area contributed by atoms with E-state index in [0.29, 0.717) is 0 Å². The van der Waals surface area contributed by atoms with Crippen molar-refractivity contribution in [3.8, 4) is 0 Å². The van der Waals surface area contributed by atoms with Crippen molar-refractivity contribution in [1.82, 2.24) is 0 Å². The van der Waals surface area contributed by atoms with E-state index in [9.17, 15) is 0 Å². The number of aromatic nitrogens is 1. The molecule has 2 nitrogen and oxygen atoms in total. The number of nitrogens with zero attached hydrogens (tertiary/aromatic N) is 2. The second kappa shape index (κ2) is 4.51. The molecule has 15 heavy (non-hydrogen) atoms. The van der Waals surface area contributed by atoms with E-state index in [4.69, 9.17) is 0 Å². The van der Waals surface area contributed by atoms with Crippen LogP contribution in [-0.4, -0.2) is 6.21 Å². The number of rotatable bonds is 2. The van der Waals surface area contributed by atoms with Gasteiger partial charge in [-0.05, 0) is 16.7 Å². The Morgan fingerprint density at radius 1 is 1.00 bits per heavy atom. The van der Waals surface area contributed by atoms with Crippen molar-refractivity contribution >= 4 is 6.21 Å². The largest absolute Gasteiger partial charge is 0.211 e. The fraction of sp³-hybridized carbons (Fsp3) is 0.0769. The lowest BCUT2D eigenvalue weighted by atomic mass is 10.2. The molecule has 0 bridgehead atoms. The lowest BCUT2D eigenvalue weighted by molar-refractivity contribution is -0.684. The number of benzene rings is 1. The molecule has 1 heterocycles. The van der Waals surface area contributed by atoms with Gasteiger partial charge in [0.1, 0.15) is 6.21 Å². The van der Waals surface area contributed by atoms with Crippen LogP contribution in [0.25, 0.3) is 0 Å². The van der Waals surface area contributed by atoms with E-state index in [1.807, 2.05) is 72.5 Å². The van der Waals surface area contributed by atoms with Gasteiger partial charge in [-0.25, -0.2) is 0 Å². The molecule has 0 N–H and O–H groups in total. The Morgan fingerprint density at radius 2 is 1.73 bits per heavy atom. The van der Waals surface area contributed by atoms with Crippen LogP contribution in [0.1, 0.15) is 11.3 Å². The first-order valence-electron chi connectivity index (χ1n) is 4.93. The van der Waals surface area contributed by atoms with Crippen LogP contribution in [0.5, 0.6) is 0 Å². The zero-order valence-electron chi connectivity index (χ0n) is 8.67. The van der Waals surface area contributed by atoms with Crippen LogP contribution < -0.4 is 4.68 Å². The molecule has 0 aliphatic carbocycles. The van der Waals surface area contributed by atoms with Crippen molar-refractivity contribution in [3.05, 3.63) is 66.0 Å². The zero-order valence-corrected chi connectivity index (χ0v) is 8.67. The summed E-state index contributed by atoms with van der Waals surface area (Å²) in [6.07, 6.45) is 3.79. The molecular weight excluding hydrogens is 184 g/mol. The number of hydrogen-bond acceptors (Lipinski definition) is 1. The van der Waals surface area contributed by atoms with Crippen LogP contribution in [-0.2, 0) is 0 Å². The van der Waals surface area contributed by atoms with Gasteiger partial charge in [0.2, 0.25) is 11.9 Å². The average molecular weight is 197 g/mol. The maximum absolute atomic E-state index is 4.37. The van der Waals surface area contributed by atoms with E-state index in [1.54, 1.807) is 0 Å². The van der Waals surface area contributed by atoms with Gasteiger partial charge in [-0.15, -0.1) is 0 Å². The summed E-state index contributed by atoms with van der Waals surface area (Å²) < 4.78 is 1.85. The summed E-state index contributed by atoms with van der Waals surface area (Å²) >= 11 is 0. The first kappa shape index (κ1) is 9.59. The summed E-state index contributed by atoms with van der Waals surface area (Å²) in [5.41, 5.74) is 2.22. The third kappa shape index (κ3) is 2.50. The van der Waals surface area contributed by atoms with Crippen molar-refractivity contribution in [2.24, 2.45) is 5.10 Å². The van der Waals surface area contributed by atoms with Gasteiger partial charge in [-0.2, -0.15) is 0 Å². The minimum absolute atomic E-state index is 1.10. The lowest BCUT2D eigenvalue weighted by Crippen LogP contribution is -2.30. The van der Waals surface area contributed by atoms with E-state index in [1.165, 1.54) is 0 Å². The predicted molar refractivity (Wildman–Crippen MR) is 60.8 cm³/mol. The van der Waals surface area contributed by atoms with E-state index in [0.717, 1.165) is 11.3 Å². The molecule has 74 valence electrons. The lowest BCUT2D eigenvalue weighted by Gasteiger charge is -1.90. The van der Waals surface area contributed by atoms with Gasteiger partial charge in [0, 0.05) is 19.1 Å². The molecule has 2 aromatic rings. The van der Waals surface area contributed by atoms with E-state index in [-0.39, 0.29) is 0 Å². The van der Waals surface area contributed by atoms with Crippen molar-refractivity contribution in [2.45, 2.75) is 6.92 Å². The van der Waals surface area contributed by atoms with Gasteiger partial charge in [0.15, 0.2) is 0 Å². The molecule has 0 saturated heterocycles. The molecule has 0 radical (unpaired) electrons. The molecule has 0 fully saturated rings. The highest BCUT2D eigenvalue weighted by Crippen LogP contribution is 1.93. The number of pyridine rings is 1. The van der Waals surface area contributed by atoms with Crippen LogP contribution in [0.4, 0.5) is 0 Å². The first-order valence-corrected chi connectivity index (χ1v) is 4.93. The van der Waals surface area contributed by atoms with E-state index in [2.05, 4.69) is 5.10 Å². The minimum Gasteiger partial charge on any atom is -0.0622 e. The molecule has 0 aliphatic heterocycles. The summed E-state index contributed by atoms with van der Waals surface area (Å²) in [5, 5.41) is 4.37. The molecule has 0 aliphatic rings. The van der Waals surface area contributed by atoms with Crippen molar-refractivity contribution in [1.29, 1.82) is 0 Å². The molecule has 0 unspecified atom stereocenters. The Labute approximate surface area is 89.5 Å². The molecule has 0 spiro atoms. The van der Waals surface area contributed by atoms with Gasteiger partial charge in [0.05, 0.1) is 0 Å². The Kier molecular flexibility index (Phi) is 2.88. The normalized spacial score (nSPS) is 10.7. The minimum atomic E-state index is 1.10. The Bertz CT molecular complexity index is 461. The number of aryl methyl sites for hydroxylation is 1. The zero-order chi connectivity index (χ0) is 10.5. The van der Waals surface area contributed by atoms with Crippen molar-refractivity contribution in [2.75, 3.05) is 0 Å². The standard InChI is InChI=1S/C13H13N2/c1-12-7-5-6-10-15(12)14-11-13-8-3-2-4-9-13/h2-11H,1H3/q+1/b14-11+. The van der Waals surface area contributed by atoms with Crippen molar-refractivity contribution in [3.63, 3.8) is 0 Å². The van der Waals surface area contributed by atoms with Crippen LogP contribution in [0, 0.1) is 6.92 Å². The summed E-state index contributed by atoms with van der Waals surface area (Å²) in [6.45, 7) is 2.03. The maximum Gasteiger partial charge on any atom is 0.211 e. The van der Waals surface area contributed by atoms with Gasteiger partial charge in [-0.3, -0.25) is 0 Å². The average Bonchev–Trinajstić information content (AvgIpc) is 2.29. The third-order valence-corrected chi connectivity index (χ3v) is 2.17. The van der Waals surface area contributed by atoms with Crippen LogP contribution >= 0.6 is 0 Å². The van der Waals surface area contributed by atoms with Gasteiger partial charge in [0.25, 0.3) is 0 Å². The predicted octanol–water partition coefficient (Wildman–Crippen LogP) is 2.16. The second-order valence-electron chi connectivity index (χ2n) is 3.34. The Hall–Kier alpha value is -1.96. The molecule has 0 amide bonds. The van der Waals surface area contributed by atoms with Crippen LogP contribution in [0.3, 0.4) is 0 Å². The highest BCUT2D eigenvalue weighted by atomic mass is 15.3. The van der Waals surface area contributed by atoms with Gasteiger partial charge >= 0.3 is 0 Å². The fourth-order valence-electron chi connectivity index (χ4n) is 1.32. The summed E-state index contributed by atoms with van der Waals surface area (Å²) in [6, 6.07) is 16.1. The fourth-order valence-corrected chi connectivity index (χ4v) is 1.32. The smallest absolute Gasteiger partial charge is 0.0622 e. The summed E-state index contributed by atoms with van der Waals surface area (Å²) in [4.78, 5) is 0. The molecule has 0 atom stereocenters. The van der Waals surface area contributed by atoms with E-state index >= 15 is 0 Å². The Morgan fingerprint density at radius 3 is 2.47 bits per heavy atom. The van der Waals surface area contributed by atoms with Crippen LogP contribution in [0.15, 0.2) is 59.8 Å². The summed E-state index contributed by atoms with van der Waals surface area (Å²) in [7, 11) is 0. The molecule has 2 heteroatoms. The van der Waals surface area contributed by atoms with Crippen LogP contribution in [0.2, 0.25) is 0 Å².